The molecule has 0 saturated heterocycles. The summed E-state index contributed by atoms with van der Waals surface area (Å²) < 4.78 is 18.7. The van der Waals surface area contributed by atoms with E-state index in [1.807, 2.05) is 19.9 Å². The van der Waals surface area contributed by atoms with Crippen LogP contribution in [-0.4, -0.2) is 32.9 Å². The number of nitrogens with zero attached hydrogens (tertiary/aromatic N) is 4. The third kappa shape index (κ3) is 3.68. The molecule has 2 aromatic carbocycles. The van der Waals surface area contributed by atoms with Gasteiger partial charge in [-0.1, -0.05) is 18.5 Å². The van der Waals surface area contributed by atoms with Crippen LogP contribution in [0.4, 0.5) is 0 Å². The molecule has 0 aliphatic rings. The molecule has 2 heterocycles. The first-order valence-electron chi connectivity index (χ1n) is 9.59. The van der Waals surface area contributed by atoms with Crippen molar-refractivity contribution in [2.75, 3.05) is 13.7 Å². The highest BCUT2D eigenvalue weighted by Crippen LogP contribution is 2.36. The van der Waals surface area contributed by atoms with E-state index in [2.05, 4.69) is 10.1 Å². The fourth-order valence-electron chi connectivity index (χ4n) is 3.22. The van der Waals surface area contributed by atoms with E-state index in [9.17, 15) is 9.59 Å². The Morgan fingerprint density at radius 3 is 2.48 bits per heavy atom. The summed E-state index contributed by atoms with van der Waals surface area (Å²) in [4.78, 5) is 29.4. The van der Waals surface area contributed by atoms with Gasteiger partial charge in [-0.25, -0.2) is 14.2 Å². The van der Waals surface area contributed by atoms with E-state index < -0.39 is 11.4 Å². The van der Waals surface area contributed by atoms with Gasteiger partial charge in [0.1, 0.15) is 11.5 Å². The molecule has 0 amide bonds. The van der Waals surface area contributed by atoms with Crippen molar-refractivity contribution in [1.29, 1.82) is 0 Å². The lowest BCUT2D eigenvalue weighted by atomic mass is 10.1. The van der Waals surface area contributed by atoms with Gasteiger partial charge in [-0.2, -0.15) is 0 Å². The van der Waals surface area contributed by atoms with E-state index in [4.69, 9.17) is 25.5 Å². The van der Waals surface area contributed by atoms with Crippen molar-refractivity contribution >= 4 is 17.4 Å². The first-order valence-corrected chi connectivity index (χ1v) is 9.97. The van der Waals surface area contributed by atoms with Crippen LogP contribution in [0.1, 0.15) is 19.4 Å². The zero-order valence-electron chi connectivity index (χ0n) is 17.1. The molecule has 9 nitrogen and oxygen atoms in total. The Hall–Kier alpha value is -3.59. The van der Waals surface area contributed by atoms with Crippen LogP contribution in [-0.2, 0) is 6.42 Å². The van der Waals surface area contributed by atoms with Crippen LogP contribution in [0.5, 0.6) is 11.5 Å². The van der Waals surface area contributed by atoms with Crippen LogP contribution in [0.2, 0.25) is 5.02 Å². The van der Waals surface area contributed by atoms with Gasteiger partial charge in [0.15, 0.2) is 0 Å². The standard InChI is InChI=1S/C21H19ClN4O5/c1-4-12-10-15(17(30-5-2)11-16(12)29-3)18-24-26-20(31-18)23-19(27)25(21(26)28)14-8-6-13(22)7-9-14/h6-11H,4-5H2,1-3H3. The predicted molar refractivity (Wildman–Crippen MR) is 115 cm³/mol. The van der Waals surface area contributed by atoms with Crippen molar-refractivity contribution in [3.8, 4) is 28.6 Å². The van der Waals surface area contributed by atoms with Crippen molar-refractivity contribution in [3.63, 3.8) is 0 Å². The Labute approximate surface area is 181 Å². The van der Waals surface area contributed by atoms with Crippen LogP contribution >= 0.6 is 11.6 Å². The van der Waals surface area contributed by atoms with Gasteiger partial charge >= 0.3 is 17.2 Å². The summed E-state index contributed by atoms with van der Waals surface area (Å²) in [5.74, 6) is 1.03. The maximum Gasteiger partial charge on any atom is 0.362 e. The molecule has 0 aliphatic heterocycles. The molecule has 0 bridgehead atoms. The normalized spacial score (nSPS) is 11.1. The molecule has 0 fully saturated rings. The topological polar surface area (TPSA) is 101 Å². The Morgan fingerprint density at radius 1 is 1.10 bits per heavy atom. The van der Waals surface area contributed by atoms with Crippen molar-refractivity contribution < 1.29 is 13.9 Å². The monoisotopic (exact) mass is 442 g/mol. The van der Waals surface area contributed by atoms with Crippen molar-refractivity contribution in [1.82, 2.24) is 19.2 Å². The first kappa shape index (κ1) is 20.7. The van der Waals surface area contributed by atoms with Crippen LogP contribution in [0.25, 0.3) is 23.0 Å². The number of ether oxygens (including phenoxy) is 2. The fraction of sp³-hybridized carbons (Fsp3) is 0.238. The maximum atomic E-state index is 13.0. The number of aromatic nitrogens is 4. The maximum absolute atomic E-state index is 13.0. The highest BCUT2D eigenvalue weighted by Gasteiger charge is 2.20. The predicted octanol–water partition coefficient (Wildman–Crippen LogP) is 3.12. The van der Waals surface area contributed by atoms with Crippen molar-refractivity contribution in [2.45, 2.75) is 20.3 Å². The molecule has 0 radical (unpaired) electrons. The van der Waals surface area contributed by atoms with Crippen LogP contribution in [0.3, 0.4) is 0 Å². The zero-order valence-corrected chi connectivity index (χ0v) is 17.8. The number of benzene rings is 2. The zero-order chi connectivity index (χ0) is 22.1. The summed E-state index contributed by atoms with van der Waals surface area (Å²) in [6.45, 7) is 4.24. The summed E-state index contributed by atoms with van der Waals surface area (Å²) in [7, 11) is 1.58. The van der Waals surface area contributed by atoms with E-state index in [0.29, 0.717) is 40.8 Å². The molecule has 0 saturated carbocycles. The van der Waals surface area contributed by atoms with E-state index in [-0.39, 0.29) is 11.7 Å². The molecule has 0 N–H and O–H groups in total. The van der Waals surface area contributed by atoms with Crippen molar-refractivity contribution in [2.24, 2.45) is 0 Å². The molecule has 2 aromatic heterocycles. The fourth-order valence-corrected chi connectivity index (χ4v) is 3.35. The summed E-state index contributed by atoms with van der Waals surface area (Å²) in [6.07, 6.45) is 0.697. The van der Waals surface area contributed by atoms with Gasteiger partial charge in [0.2, 0.25) is 0 Å². The SMILES string of the molecule is CCOc1cc(OC)c(CC)cc1-c1nn2c(=O)n(-c3ccc(Cl)cc3)c(=O)nc2o1. The van der Waals surface area contributed by atoms with Gasteiger partial charge in [0.25, 0.3) is 5.89 Å². The van der Waals surface area contributed by atoms with Gasteiger partial charge in [0, 0.05) is 11.1 Å². The van der Waals surface area contributed by atoms with Gasteiger partial charge in [-0.05, 0) is 49.2 Å². The van der Waals surface area contributed by atoms with Gasteiger partial charge in [0.05, 0.1) is 25.0 Å². The molecule has 31 heavy (non-hydrogen) atoms. The summed E-state index contributed by atoms with van der Waals surface area (Å²) >= 11 is 5.90. The largest absolute Gasteiger partial charge is 0.496 e. The molecule has 10 heteroatoms. The second-order valence-corrected chi connectivity index (χ2v) is 6.97. The number of aryl methyl sites for hydroxylation is 1. The third-order valence-corrected chi connectivity index (χ3v) is 4.95. The number of fused-ring (bicyclic) bond motifs is 1. The van der Waals surface area contributed by atoms with E-state index in [1.54, 1.807) is 37.4 Å². The summed E-state index contributed by atoms with van der Waals surface area (Å²) in [5.41, 5.74) is 0.247. The van der Waals surface area contributed by atoms with Crippen LogP contribution in [0, 0.1) is 0 Å². The minimum absolute atomic E-state index is 0.0960. The third-order valence-electron chi connectivity index (χ3n) is 4.69. The highest BCUT2D eigenvalue weighted by molar-refractivity contribution is 6.30. The smallest absolute Gasteiger partial charge is 0.362 e. The second kappa shape index (κ2) is 8.27. The number of methoxy groups -OCH3 is 1. The molecule has 0 unspecified atom stereocenters. The molecule has 160 valence electrons. The average molecular weight is 443 g/mol. The summed E-state index contributed by atoms with van der Waals surface area (Å²) in [6, 6.07) is 9.81. The van der Waals surface area contributed by atoms with E-state index in [0.717, 1.165) is 14.6 Å². The molecule has 0 atom stereocenters. The number of halogens is 1. The molecular weight excluding hydrogens is 424 g/mol. The average Bonchev–Trinajstić information content (AvgIpc) is 3.19. The number of rotatable bonds is 6. The van der Waals surface area contributed by atoms with E-state index >= 15 is 0 Å². The van der Waals surface area contributed by atoms with Crippen LogP contribution in [0.15, 0.2) is 50.4 Å². The lowest BCUT2D eigenvalue weighted by molar-refractivity contribution is 0.336. The molecular formula is C21H19ClN4O5. The van der Waals surface area contributed by atoms with Gasteiger partial charge < -0.3 is 13.9 Å². The Balaban J connectivity index is 1.93. The minimum atomic E-state index is -0.788. The molecule has 0 aliphatic carbocycles. The van der Waals surface area contributed by atoms with Crippen molar-refractivity contribution in [3.05, 3.63) is 68.0 Å². The Bertz CT molecular complexity index is 1370. The first-order chi connectivity index (χ1) is 15.0. The second-order valence-electron chi connectivity index (χ2n) is 6.54. The molecule has 4 rings (SSSR count). The molecule has 4 aromatic rings. The number of hydrogen-bond acceptors (Lipinski definition) is 7. The Morgan fingerprint density at radius 2 is 1.84 bits per heavy atom. The highest BCUT2D eigenvalue weighted by atomic mass is 35.5. The van der Waals surface area contributed by atoms with E-state index in [1.165, 1.54) is 0 Å². The van der Waals surface area contributed by atoms with Gasteiger partial charge in [-0.15, -0.1) is 14.6 Å². The Kier molecular flexibility index (Phi) is 5.51. The summed E-state index contributed by atoms with van der Waals surface area (Å²) in [5, 5.41) is 4.75. The number of hydrogen-bond donors (Lipinski definition) is 0. The lowest BCUT2D eigenvalue weighted by Gasteiger charge is -2.13. The lowest BCUT2D eigenvalue weighted by Crippen LogP contribution is -2.38. The quantitative estimate of drug-likeness (QED) is 0.452. The minimum Gasteiger partial charge on any atom is -0.496 e. The van der Waals surface area contributed by atoms with Gasteiger partial charge in [-0.3, -0.25) is 0 Å². The van der Waals surface area contributed by atoms with Crippen LogP contribution < -0.4 is 20.9 Å². The molecule has 0 spiro atoms.